The fourth-order valence-corrected chi connectivity index (χ4v) is 5.16. The minimum atomic E-state index is -1.43. The van der Waals surface area contributed by atoms with Crippen LogP contribution in [-0.2, 0) is 60.8 Å². The van der Waals surface area contributed by atoms with Gasteiger partial charge in [0, 0.05) is 51.9 Å². The molecule has 1 aliphatic rings. The number of hydrogen-bond acceptors (Lipinski definition) is 11. The van der Waals surface area contributed by atoms with E-state index in [-0.39, 0.29) is 38.6 Å². The molecule has 0 radical (unpaired) electrons. The van der Waals surface area contributed by atoms with Crippen LogP contribution in [0, 0.1) is 0 Å². The third kappa shape index (κ3) is 16.0. The molecule has 12 N–H and O–H groups in total. The highest BCUT2D eigenvalue weighted by atomic mass is 16.2. The highest BCUT2D eigenvalue weighted by Gasteiger charge is 2.31. The van der Waals surface area contributed by atoms with Gasteiger partial charge in [0.15, 0.2) is 0 Å². The summed E-state index contributed by atoms with van der Waals surface area (Å²) in [6, 6.07) is 3.11. The molecule has 0 aliphatic carbocycles. The Morgan fingerprint density at radius 3 is 2.12 bits per heavy atom. The van der Waals surface area contributed by atoms with Crippen molar-refractivity contribution in [3.8, 4) is 0 Å². The number of hydrogen-bond donors (Lipinski definition) is 11. The maximum atomic E-state index is 13.9. The average molecular weight is 783 g/mol. The maximum Gasteiger partial charge on any atom is 0.244 e. The summed E-state index contributed by atoms with van der Waals surface area (Å²) in [7, 11) is 0. The van der Waals surface area contributed by atoms with Gasteiger partial charge in [-0.15, -0.1) is 0 Å². The zero-order valence-corrected chi connectivity index (χ0v) is 30.5. The van der Waals surface area contributed by atoms with E-state index in [2.05, 4.69) is 57.8 Å². The first kappa shape index (κ1) is 43.5. The molecule has 1 fully saturated rings. The van der Waals surface area contributed by atoms with Crippen molar-refractivity contribution in [3.63, 3.8) is 0 Å². The van der Waals surface area contributed by atoms with E-state index in [0.29, 0.717) is 11.3 Å². The molecule has 1 aromatic heterocycles. The van der Waals surface area contributed by atoms with E-state index in [0.717, 1.165) is 0 Å². The van der Waals surface area contributed by atoms with Crippen molar-refractivity contribution in [2.24, 2.45) is 5.73 Å². The van der Waals surface area contributed by atoms with Crippen LogP contribution < -0.4 is 53.6 Å². The first-order valence-corrected chi connectivity index (χ1v) is 17.5. The number of imidazole rings is 1. The fourth-order valence-electron chi connectivity index (χ4n) is 5.16. The quantitative estimate of drug-likeness (QED) is 0.108. The number of nitrogens with one attached hydrogen (secondary N) is 10. The van der Waals surface area contributed by atoms with Gasteiger partial charge in [-0.25, -0.2) is 4.98 Å². The summed E-state index contributed by atoms with van der Waals surface area (Å²) < 4.78 is 0. The predicted molar refractivity (Wildman–Crippen MR) is 194 cm³/mol. The Labute approximate surface area is 320 Å². The minimum absolute atomic E-state index is 0.0607. The minimum Gasteiger partial charge on any atom is -0.368 e. The van der Waals surface area contributed by atoms with Crippen molar-refractivity contribution in [1.29, 1.82) is 0 Å². The molecule has 0 saturated carbocycles. The molecule has 22 nitrogen and oxygen atoms in total. The van der Waals surface area contributed by atoms with Crippen LogP contribution in [0.5, 0.6) is 0 Å². The summed E-state index contributed by atoms with van der Waals surface area (Å²) in [4.78, 5) is 134. The SMILES string of the molecule is CC(=O)NCC(=O)N[C@H]1CCNC(=O)CCC(=O)NC[C@@H](C(=O)NCC(N)=O)NC(=O)CNC(=O)[C@@H](Cc2ccccc2)NC(=O)[C@H](Cc2c[nH]cn2)NC1=O. The van der Waals surface area contributed by atoms with Crippen LogP contribution in [0.1, 0.15) is 37.4 Å². The van der Waals surface area contributed by atoms with Crippen molar-refractivity contribution in [1.82, 2.24) is 57.8 Å². The van der Waals surface area contributed by atoms with Crippen LogP contribution in [0.15, 0.2) is 42.9 Å². The van der Waals surface area contributed by atoms with Crippen LogP contribution in [0.4, 0.5) is 0 Å². The number of primary amides is 1. The number of rotatable bonds is 10. The number of nitrogens with two attached hydrogens (primary N) is 1. The normalized spacial score (nSPS) is 20.8. The Kier molecular flexibility index (Phi) is 17.4. The Morgan fingerprint density at radius 2 is 1.46 bits per heavy atom. The smallest absolute Gasteiger partial charge is 0.244 e. The Morgan fingerprint density at radius 1 is 0.786 bits per heavy atom. The molecule has 1 aliphatic heterocycles. The Balaban J connectivity index is 1.94. The summed E-state index contributed by atoms with van der Waals surface area (Å²) >= 11 is 0. The number of aromatic nitrogens is 2. The largest absolute Gasteiger partial charge is 0.368 e. The third-order valence-corrected chi connectivity index (χ3v) is 8.02. The van der Waals surface area contributed by atoms with E-state index < -0.39 is 109 Å². The van der Waals surface area contributed by atoms with E-state index in [9.17, 15) is 47.9 Å². The van der Waals surface area contributed by atoms with Gasteiger partial charge in [0.05, 0.1) is 31.7 Å². The molecular weight excluding hydrogens is 736 g/mol. The van der Waals surface area contributed by atoms with Gasteiger partial charge in [0.2, 0.25) is 59.1 Å². The summed E-state index contributed by atoms with van der Waals surface area (Å²) in [5.41, 5.74) is 6.08. The third-order valence-electron chi connectivity index (χ3n) is 8.02. The average Bonchev–Trinajstić information content (AvgIpc) is 3.68. The molecule has 10 amide bonds. The number of benzene rings is 1. The number of aromatic amines is 1. The lowest BCUT2D eigenvalue weighted by atomic mass is 10.0. The molecule has 2 aromatic rings. The summed E-state index contributed by atoms with van der Waals surface area (Å²) in [5.74, 6) is -7.66. The van der Waals surface area contributed by atoms with Gasteiger partial charge in [-0.2, -0.15) is 0 Å². The predicted octanol–water partition coefficient (Wildman–Crippen LogP) is -5.60. The van der Waals surface area contributed by atoms with Gasteiger partial charge in [0.25, 0.3) is 0 Å². The van der Waals surface area contributed by atoms with E-state index in [1.807, 2.05) is 0 Å². The maximum absolute atomic E-state index is 13.9. The molecule has 1 aromatic carbocycles. The van der Waals surface area contributed by atoms with Crippen molar-refractivity contribution in [2.75, 3.05) is 32.7 Å². The molecule has 1 saturated heterocycles. The van der Waals surface area contributed by atoms with Crippen LogP contribution in [0.2, 0.25) is 0 Å². The lowest BCUT2D eigenvalue weighted by Gasteiger charge is -2.25. The molecule has 302 valence electrons. The van der Waals surface area contributed by atoms with Gasteiger partial charge in [-0.05, 0) is 12.0 Å². The van der Waals surface area contributed by atoms with Crippen molar-refractivity contribution in [2.45, 2.75) is 63.2 Å². The zero-order chi connectivity index (χ0) is 41.0. The van der Waals surface area contributed by atoms with Crippen LogP contribution >= 0.6 is 0 Å². The summed E-state index contributed by atoms with van der Waals surface area (Å²) in [6.07, 6.45) is 1.74. The number of H-pyrrole nitrogens is 1. The molecule has 0 unspecified atom stereocenters. The van der Waals surface area contributed by atoms with Crippen LogP contribution in [-0.4, -0.2) is 126 Å². The second kappa shape index (κ2) is 22.4. The number of nitrogens with zero attached hydrogens (tertiary/aromatic N) is 1. The van der Waals surface area contributed by atoms with E-state index in [4.69, 9.17) is 5.73 Å². The molecule has 0 spiro atoms. The Hall–Kier alpha value is -6.87. The van der Waals surface area contributed by atoms with Gasteiger partial charge < -0.3 is 58.6 Å². The van der Waals surface area contributed by atoms with Crippen molar-refractivity contribution in [3.05, 3.63) is 54.1 Å². The zero-order valence-electron chi connectivity index (χ0n) is 30.5. The summed E-state index contributed by atoms with van der Waals surface area (Å²) in [6.45, 7) is -1.19. The fraction of sp³-hybridized carbons (Fsp3) is 0.441. The van der Waals surface area contributed by atoms with Crippen molar-refractivity contribution >= 4 is 59.1 Å². The number of carbonyl (C=O) groups excluding carboxylic acids is 10. The standard InChI is InChI=1S/C34H46N12O10/c1-19(47)38-16-29(51)43-22-9-10-37-27(49)7-8-28(50)39-14-25(32(54)40-15-26(35)48)44-30(52)17-41-31(53)23(11-20-5-3-2-4-6-20)45-34(56)24(46-33(22)55)12-21-13-36-18-42-21/h2-6,13,18,22-25H,7-12,14-17H2,1H3,(H2,35,48)(H,36,42)(H,37,49)(H,38,47)(H,39,50)(H,40,54)(H,41,53)(H,43,51)(H,44,52)(H,45,56)(H,46,55)/t22-,23+,24-,25-/m0/s1. The van der Waals surface area contributed by atoms with E-state index in [1.165, 1.54) is 19.4 Å². The highest BCUT2D eigenvalue weighted by molar-refractivity contribution is 5.96. The van der Waals surface area contributed by atoms with Crippen molar-refractivity contribution < 1.29 is 47.9 Å². The molecular formula is C34H46N12O10. The first-order valence-electron chi connectivity index (χ1n) is 17.5. The van der Waals surface area contributed by atoms with E-state index in [1.54, 1.807) is 30.3 Å². The van der Waals surface area contributed by atoms with E-state index >= 15 is 0 Å². The van der Waals surface area contributed by atoms with Gasteiger partial charge in [-0.3, -0.25) is 47.9 Å². The second-order valence-corrected chi connectivity index (χ2v) is 12.6. The lowest BCUT2D eigenvalue weighted by molar-refractivity contribution is -0.134. The van der Waals surface area contributed by atoms with Crippen LogP contribution in [0.25, 0.3) is 0 Å². The molecule has 22 heteroatoms. The van der Waals surface area contributed by atoms with Gasteiger partial charge >= 0.3 is 0 Å². The van der Waals surface area contributed by atoms with Gasteiger partial charge in [-0.1, -0.05) is 30.3 Å². The molecule has 56 heavy (non-hydrogen) atoms. The van der Waals surface area contributed by atoms with Gasteiger partial charge in [0.1, 0.15) is 24.2 Å². The summed E-state index contributed by atoms with van der Waals surface area (Å²) in [5, 5.41) is 22.0. The Bertz CT molecular complexity index is 1740. The number of amides is 10. The number of carbonyl (C=O) groups is 10. The first-order chi connectivity index (χ1) is 26.7. The molecule has 0 bridgehead atoms. The molecule has 3 rings (SSSR count). The topological polar surface area (TPSA) is 334 Å². The van der Waals surface area contributed by atoms with Crippen LogP contribution in [0.3, 0.4) is 0 Å². The lowest BCUT2D eigenvalue weighted by Crippen LogP contribution is -2.59. The monoisotopic (exact) mass is 782 g/mol. The molecule has 2 heterocycles. The second-order valence-electron chi connectivity index (χ2n) is 12.6. The molecule has 4 atom stereocenters. The highest BCUT2D eigenvalue weighted by Crippen LogP contribution is 2.07.